The van der Waals surface area contributed by atoms with Crippen LogP contribution in [0, 0.1) is 5.82 Å². The summed E-state index contributed by atoms with van der Waals surface area (Å²) in [5, 5.41) is 10.1. The molecule has 0 aliphatic rings. The molecule has 1 aromatic heterocycles. The first kappa shape index (κ1) is 14.7. The van der Waals surface area contributed by atoms with E-state index in [0.29, 0.717) is 5.56 Å². The van der Waals surface area contributed by atoms with Gasteiger partial charge in [0.25, 0.3) is 0 Å². The van der Waals surface area contributed by atoms with Crippen LogP contribution < -0.4 is 0 Å². The molecule has 0 amide bonds. The van der Waals surface area contributed by atoms with Crippen LogP contribution in [-0.4, -0.2) is 5.11 Å². The van der Waals surface area contributed by atoms with Crippen LogP contribution in [-0.2, 0) is 6.42 Å². The summed E-state index contributed by atoms with van der Waals surface area (Å²) in [6, 6.07) is 6.57. The van der Waals surface area contributed by atoms with Crippen molar-refractivity contribution < 1.29 is 9.50 Å². The van der Waals surface area contributed by atoms with Crippen LogP contribution in [0.5, 0.6) is 0 Å². The van der Waals surface area contributed by atoms with Gasteiger partial charge in [-0.1, -0.05) is 15.9 Å². The van der Waals surface area contributed by atoms with Gasteiger partial charge in [-0.15, -0.1) is 11.3 Å². The molecule has 96 valence electrons. The minimum Gasteiger partial charge on any atom is -0.387 e. The molecular weight excluding hydrogens is 451 g/mol. The molecule has 2 rings (SSSR count). The predicted molar refractivity (Wildman–Crippen MR) is 82.5 cm³/mol. The monoisotopic (exact) mass is 456 g/mol. The number of aliphatic hydroxyl groups excluding tert-OH is 1. The molecule has 0 fully saturated rings. The van der Waals surface area contributed by atoms with Crippen molar-refractivity contribution in [3.8, 4) is 0 Å². The van der Waals surface area contributed by atoms with Crippen molar-refractivity contribution in [3.63, 3.8) is 0 Å². The van der Waals surface area contributed by atoms with E-state index in [4.69, 9.17) is 0 Å². The Hall–Kier alpha value is 0.250. The minimum atomic E-state index is -0.707. The van der Waals surface area contributed by atoms with Crippen molar-refractivity contribution in [3.05, 3.63) is 53.3 Å². The maximum absolute atomic E-state index is 13.6. The maximum atomic E-state index is 13.6. The van der Waals surface area contributed by atoms with Crippen LogP contribution in [0.25, 0.3) is 0 Å². The summed E-state index contributed by atoms with van der Waals surface area (Å²) in [7, 11) is 0. The maximum Gasteiger partial charge on any atom is 0.126 e. The molecule has 1 unspecified atom stereocenters. The number of aliphatic hydroxyl groups is 1. The molecule has 1 heterocycles. The molecule has 18 heavy (non-hydrogen) atoms. The lowest BCUT2D eigenvalue weighted by Crippen LogP contribution is -2.01. The van der Waals surface area contributed by atoms with Crippen molar-refractivity contribution in [2.75, 3.05) is 0 Å². The lowest BCUT2D eigenvalue weighted by Gasteiger charge is -2.09. The highest BCUT2D eigenvalue weighted by Gasteiger charge is 2.15. The van der Waals surface area contributed by atoms with Gasteiger partial charge in [-0.05, 0) is 61.7 Å². The van der Waals surface area contributed by atoms with Crippen molar-refractivity contribution in [1.29, 1.82) is 0 Å². The number of hydrogen-bond acceptors (Lipinski definition) is 2. The van der Waals surface area contributed by atoms with Crippen LogP contribution >= 0.6 is 59.1 Å². The van der Waals surface area contributed by atoms with Gasteiger partial charge in [0.15, 0.2) is 0 Å². The van der Waals surface area contributed by atoms with Crippen molar-refractivity contribution >= 4 is 59.1 Å². The molecule has 1 aromatic carbocycles. The van der Waals surface area contributed by atoms with E-state index in [1.807, 2.05) is 6.07 Å². The van der Waals surface area contributed by atoms with Crippen molar-refractivity contribution in [1.82, 2.24) is 0 Å². The Morgan fingerprint density at radius 3 is 2.56 bits per heavy atom. The third-order valence-corrected chi connectivity index (χ3v) is 6.26. The van der Waals surface area contributed by atoms with E-state index in [-0.39, 0.29) is 12.2 Å². The van der Waals surface area contributed by atoms with Gasteiger partial charge in [-0.3, -0.25) is 0 Å². The molecule has 2 aromatic rings. The van der Waals surface area contributed by atoms with Gasteiger partial charge >= 0.3 is 0 Å². The van der Waals surface area contributed by atoms with Crippen LogP contribution in [0.4, 0.5) is 4.39 Å². The number of halogens is 4. The van der Waals surface area contributed by atoms with E-state index in [2.05, 4.69) is 47.8 Å². The van der Waals surface area contributed by atoms with Crippen LogP contribution in [0.3, 0.4) is 0 Å². The fraction of sp³-hybridized carbons (Fsp3) is 0.167. The van der Waals surface area contributed by atoms with Crippen molar-refractivity contribution in [2.24, 2.45) is 0 Å². The minimum absolute atomic E-state index is 0.255. The zero-order chi connectivity index (χ0) is 13.3. The molecule has 1 N–H and O–H groups in total. The Bertz CT molecular complexity index is 551. The summed E-state index contributed by atoms with van der Waals surface area (Å²) in [6.45, 7) is 0. The molecule has 0 saturated heterocycles. The van der Waals surface area contributed by atoms with Gasteiger partial charge < -0.3 is 5.11 Å². The second kappa shape index (κ2) is 6.13. The molecule has 0 aliphatic carbocycles. The highest BCUT2D eigenvalue weighted by molar-refractivity contribution is 9.13. The highest BCUT2D eigenvalue weighted by atomic mass is 79.9. The SMILES string of the molecule is OC(Cc1cc(Br)ccc1F)c1cc(Br)c(Br)s1. The van der Waals surface area contributed by atoms with Gasteiger partial charge in [0.1, 0.15) is 5.82 Å². The van der Waals surface area contributed by atoms with Crippen LogP contribution in [0.2, 0.25) is 0 Å². The third-order valence-electron chi connectivity index (χ3n) is 2.41. The lowest BCUT2D eigenvalue weighted by atomic mass is 10.1. The summed E-state index contributed by atoms with van der Waals surface area (Å²) >= 11 is 11.5. The molecular formula is C12H8Br3FOS. The first-order chi connectivity index (χ1) is 8.47. The molecule has 0 bridgehead atoms. The van der Waals surface area contributed by atoms with Gasteiger partial charge in [-0.2, -0.15) is 0 Å². The highest BCUT2D eigenvalue weighted by Crippen LogP contribution is 2.36. The first-order valence-corrected chi connectivity index (χ1v) is 8.23. The Morgan fingerprint density at radius 2 is 1.94 bits per heavy atom. The Kier molecular flexibility index (Phi) is 4.99. The second-order valence-corrected chi connectivity index (χ2v) is 7.90. The largest absolute Gasteiger partial charge is 0.387 e. The molecule has 0 radical (unpaired) electrons. The number of benzene rings is 1. The van der Waals surface area contributed by atoms with Gasteiger partial charge in [-0.25, -0.2) is 4.39 Å². The second-order valence-electron chi connectivity index (χ2n) is 3.73. The smallest absolute Gasteiger partial charge is 0.126 e. The van der Waals surface area contributed by atoms with Crippen molar-refractivity contribution in [2.45, 2.75) is 12.5 Å². The fourth-order valence-electron chi connectivity index (χ4n) is 1.54. The fourth-order valence-corrected chi connectivity index (χ4v) is 4.02. The average molecular weight is 459 g/mol. The lowest BCUT2D eigenvalue weighted by molar-refractivity contribution is 0.181. The Morgan fingerprint density at radius 1 is 1.22 bits per heavy atom. The van der Waals surface area contributed by atoms with E-state index in [0.717, 1.165) is 17.6 Å². The van der Waals surface area contributed by atoms with E-state index in [1.165, 1.54) is 17.4 Å². The predicted octanol–water partition coefficient (Wildman–Crippen LogP) is 5.45. The van der Waals surface area contributed by atoms with Gasteiger partial charge in [0, 0.05) is 20.2 Å². The number of hydrogen-bond donors (Lipinski definition) is 1. The molecule has 0 saturated carbocycles. The van der Waals surface area contributed by atoms with E-state index >= 15 is 0 Å². The van der Waals surface area contributed by atoms with E-state index < -0.39 is 6.10 Å². The van der Waals surface area contributed by atoms with E-state index in [1.54, 1.807) is 12.1 Å². The molecule has 6 heteroatoms. The van der Waals surface area contributed by atoms with Crippen LogP contribution in [0.1, 0.15) is 16.5 Å². The molecule has 0 spiro atoms. The first-order valence-electron chi connectivity index (χ1n) is 5.04. The quantitative estimate of drug-likeness (QED) is 0.648. The zero-order valence-electron chi connectivity index (χ0n) is 8.96. The summed E-state index contributed by atoms with van der Waals surface area (Å²) in [4.78, 5) is 0.799. The van der Waals surface area contributed by atoms with Gasteiger partial charge in [0.2, 0.25) is 0 Å². The number of thiophene rings is 1. The Labute approximate surface area is 133 Å². The topological polar surface area (TPSA) is 20.2 Å². The van der Waals surface area contributed by atoms with Gasteiger partial charge in [0.05, 0.1) is 9.89 Å². The van der Waals surface area contributed by atoms with Crippen LogP contribution in [0.15, 0.2) is 37.0 Å². The molecule has 1 nitrogen and oxygen atoms in total. The zero-order valence-corrected chi connectivity index (χ0v) is 14.5. The third kappa shape index (κ3) is 3.42. The summed E-state index contributed by atoms with van der Waals surface area (Å²) < 4.78 is 16.2. The number of rotatable bonds is 3. The summed E-state index contributed by atoms with van der Waals surface area (Å²) in [5.41, 5.74) is 0.498. The normalized spacial score (nSPS) is 12.7. The average Bonchev–Trinajstić information content (AvgIpc) is 2.64. The summed E-state index contributed by atoms with van der Waals surface area (Å²) in [5.74, 6) is -0.299. The standard InChI is InChI=1S/C12H8Br3FOS/c13-7-1-2-9(16)6(3-7)4-10(17)11-5-8(14)12(15)18-11/h1-3,5,10,17H,4H2. The Balaban J connectivity index is 2.20. The summed E-state index contributed by atoms with van der Waals surface area (Å²) in [6.07, 6.45) is -0.452. The molecule has 1 atom stereocenters. The molecule has 0 aliphatic heterocycles. The van der Waals surface area contributed by atoms with E-state index in [9.17, 15) is 9.50 Å².